The average Bonchev–Trinajstić information content (AvgIpc) is 2.77. The molecule has 1 aromatic rings. The summed E-state index contributed by atoms with van der Waals surface area (Å²) in [6.45, 7) is 9.26. The first-order valence-corrected chi connectivity index (χ1v) is 8.49. The molecule has 3 nitrogen and oxygen atoms in total. The van der Waals surface area contributed by atoms with Crippen LogP contribution >= 0.6 is 11.3 Å². The molecule has 1 aliphatic rings. The lowest BCUT2D eigenvalue weighted by Crippen LogP contribution is -2.42. The molecule has 0 spiro atoms. The number of aliphatic hydroxyl groups is 1. The Balaban J connectivity index is 1.69. The van der Waals surface area contributed by atoms with E-state index in [1.807, 2.05) is 11.3 Å². The Kier molecular flexibility index (Phi) is 6.02. The molecule has 1 fully saturated rings. The molecule has 0 aromatic carbocycles. The Morgan fingerprint density at radius 1 is 1.40 bits per heavy atom. The van der Waals surface area contributed by atoms with Crippen LogP contribution in [0.2, 0.25) is 0 Å². The van der Waals surface area contributed by atoms with Crippen molar-refractivity contribution in [1.29, 1.82) is 0 Å². The molecule has 1 aromatic heterocycles. The first-order valence-electron chi connectivity index (χ1n) is 7.67. The van der Waals surface area contributed by atoms with Crippen molar-refractivity contribution in [3.63, 3.8) is 0 Å². The van der Waals surface area contributed by atoms with Crippen LogP contribution in [0.3, 0.4) is 0 Å². The monoisotopic (exact) mass is 296 g/mol. The van der Waals surface area contributed by atoms with Crippen molar-refractivity contribution in [2.24, 2.45) is 5.92 Å². The minimum atomic E-state index is -0.241. The van der Waals surface area contributed by atoms with E-state index in [1.165, 1.54) is 22.6 Å². The summed E-state index contributed by atoms with van der Waals surface area (Å²) >= 11 is 1.85. The van der Waals surface area contributed by atoms with Gasteiger partial charge in [0.15, 0.2) is 0 Å². The fraction of sp³-hybridized carbons (Fsp3) is 0.750. The van der Waals surface area contributed by atoms with Gasteiger partial charge < -0.3 is 10.0 Å². The van der Waals surface area contributed by atoms with E-state index in [1.54, 1.807) is 0 Å². The van der Waals surface area contributed by atoms with E-state index in [-0.39, 0.29) is 6.10 Å². The molecular weight excluding hydrogens is 268 g/mol. The summed E-state index contributed by atoms with van der Waals surface area (Å²) in [5.74, 6) is 0.855. The van der Waals surface area contributed by atoms with Crippen molar-refractivity contribution >= 4 is 11.3 Å². The predicted molar refractivity (Wildman–Crippen MR) is 86.2 cm³/mol. The summed E-state index contributed by atoms with van der Waals surface area (Å²) < 4.78 is 0. The van der Waals surface area contributed by atoms with Gasteiger partial charge in [-0.25, -0.2) is 0 Å². The van der Waals surface area contributed by atoms with Crippen LogP contribution in [0, 0.1) is 12.8 Å². The molecule has 1 saturated heterocycles. The van der Waals surface area contributed by atoms with Gasteiger partial charge in [-0.3, -0.25) is 4.90 Å². The fourth-order valence-electron chi connectivity index (χ4n) is 2.86. The van der Waals surface area contributed by atoms with E-state index in [0.29, 0.717) is 0 Å². The highest BCUT2D eigenvalue weighted by molar-refractivity contribution is 7.11. The third-order valence-electron chi connectivity index (χ3n) is 4.09. The van der Waals surface area contributed by atoms with Crippen LogP contribution in [0.4, 0.5) is 0 Å². The molecule has 2 heterocycles. The van der Waals surface area contributed by atoms with Gasteiger partial charge in [0.25, 0.3) is 0 Å². The van der Waals surface area contributed by atoms with E-state index < -0.39 is 0 Å². The Morgan fingerprint density at radius 3 is 2.70 bits per heavy atom. The number of thiophene rings is 1. The molecule has 0 amide bonds. The zero-order valence-electron chi connectivity index (χ0n) is 13.0. The summed E-state index contributed by atoms with van der Waals surface area (Å²) in [7, 11) is 2.09. The second kappa shape index (κ2) is 7.55. The SMILES string of the molecule is Cc1ccc(CN(C)CC(O)CN2CCC(C)CC2)s1. The lowest BCUT2D eigenvalue weighted by molar-refractivity contribution is 0.0664. The number of likely N-dealkylation sites (N-methyl/N-ethyl adjacent to an activating group) is 1. The van der Waals surface area contributed by atoms with Crippen LogP contribution < -0.4 is 0 Å². The van der Waals surface area contributed by atoms with E-state index in [2.05, 4.69) is 42.8 Å². The highest BCUT2D eigenvalue weighted by Gasteiger charge is 2.19. The molecule has 1 unspecified atom stereocenters. The number of aliphatic hydroxyl groups excluding tert-OH is 1. The van der Waals surface area contributed by atoms with E-state index in [9.17, 15) is 5.11 Å². The molecule has 1 atom stereocenters. The van der Waals surface area contributed by atoms with E-state index >= 15 is 0 Å². The summed E-state index contributed by atoms with van der Waals surface area (Å²) in [4.78, 5) is 7.37. The fourth-order valence-corrected chi connectivity index (χ4v) is 3.83. The molecule has 0 aliphatic carbocycles. The third-order valence-corrected chi connectivity index (χ3v) is 5.07. The van der Waals surface area contributed by atoms with Crippen molar-refractivity contribution in [2.75, 3.05) is 33.2 Å². The number of hydrogen-bond donors (Lipinski definition) is 1. The molecule has 2 rings (SSSR count). The molecule has 4 heteroatoms. The molecule has 0 radical (unpaired) electrons. The lowest BCUT2D eigenvalue weighted by atomic mass is 9.99. The molecule has 20 heavy (non-hydrogen) atoms. The van der Waals surface area contributed by atoms with Gasteiger partial charge in [-0.15, -0.1) is 11.3 Å². The Bertz CT molecular complexity index is 399. The quantitative estimate of drug-likeness (QED) is 0.874. The maximum Gasteiger partial charge on any atom is 0.0793 e. The smallest absolute Gasteiger partial charge is 0.0793 e. The van der Waals surface area contributed by atoms with Crippen molar-refractivity contribution in [3.8, 4) is 0 Å². The van der Waals surface area contributed by atoms with Gasteiger partial charge in [0.2, 0.25) is 0 Å². The second-order valence-electron chi connectivity index (χ2n) is 6.35. The van der Waals surface area contributed by atoms with Crippen LogP contribution in [0.1, 0.15) is 29.5 Å². The van der Waals surface area contributed by atoms with Gasteiger partial charge in [0.1, 0.15) is 0 Å². The van der Waals surface area contributed by atoms with Gasteiger partial charge in [0, 0.05) is 29.4 Å². The number of hydrogen-bond acceptors (Lipinski definition) is 4. The van der Waals surface area contributed by atoms with E-state index in [4.69, 9.17) is 0 Å². The first kappa shape index (κ1) is 16.0. The maximum absolute atomic E-state index is 10.2. The number of rotatable bonds is 6. The largest absolute Gasteiger partial charge is 0.390 e. The van der Waals surface area contributed by atoms with Gasteiger partial charge in [-0.2, -0.15) is 0 Å². The molecular formula is C16H28N2OS. The number of β-amino-alcohol motifs (C(OH)–C–C–N with tert-alkyl or cyclic N) is 1. The average molecular weight is 296 g/mol. The maximum atomic E-state index is 10.2. The van der Waals surface area contributed by atoms with Crippen LogP contribution in [-0.4, -0.2) is 54.2 Å². The number of piperidine rings is 1. The number of likely N-dealkylation sites (tertiary alicyclic amines) is 1. The lowest BCUT2D eigenvalue weighted by Gasteiger charge is -2.32. The standard InChI is InChI=1S/C16H28N2OS/c1-13-6-8-18(9-7-13)11-15(19)10-17(3)12-16-5-4-14(2)20-16/h4-5,13,15,19H,6-12H2,1-3H3. The van der Waals surface area contributed by atoms with Crippen LogP contribution in [-0.2, 0) is 6.54 Å². The highest BCUT2D eigenvalue weighted by Crippen LogP contribution is 2.18. The molecule has 114 valence electrons. The van der Waals surface area contributed by atoms with Gasteiger partial charge in [-0.05, 0) is 58.0 Å². The normalized spacial score (nSPS) is 19.6. The van der Waals surface area contributed by atoms with Crippen LogP contribution in [0.5, 0.6) is 0 Å². The van der Waals surface area contributed by atoms with Gasteiger partial charge >= 0.3 is 0 Å². The van der Waals surface area contributed by atoms with Crippen molar-refractivity contribution in [1.82, 2.24) is 9.80 Å². The highest BCUT2D eigenvalue weighted by atomic mass is 32.1. The molecule has 1 aliphatic heterocycles. The van der Waals surface area contributed by atoms with Gasteiger partial charge in [-0.1, -0.05) is 6.92 Å². The predicted octanol–water partition coefficient (Wildman–Crippen LogP) is 2.58. The van der Waals surface area contributed by atoms with Gasteiger partial charge in [0.05, 0.1) is 6.10 Å². The summed E-state index contributed by atoms with van der Waals surface area (Å²) in [5.41, 5.74) is 0. The molecule has 0 bridgehead atoms. The number of aryl methyl sites for hydroxylation is 1. The summed E-state index contributed by atoms with van der Waals surface area (Å²) in [6.07, 6.45) is 2.31. The van der Waals surface area contributed by atoms with Crippen LogP contribution in [0.25, 0.3) is 0 Å². The second-order valence-corrected chi connectivity index (χ2v) is 7.72. The first-order chi connectivity index (χ1) is 9.52. The molecule has 1 N–H and O–H groups in total. The summed E-state index contributed by atoms with van der Waals surface area (Å²) in [6, 6.07) is 4.36. The third kappa shape index (κ3) is 5.17. The van der Waals surface area contributed by atoms with Crippen LogP contribution in [0.15, 0.2) is 12.1 Å². The minimum absolute atomic E-state index is 0.241. The Hall–Kier alpha value is -0.420. The zero-order valence-corrected chi connectivity index (χ0v) is 13.8. The van der Waals surface area contributed by atoms with Crippen molar-refractivity contribution in [2.45, 2.75) is 39.3 Å². The summed E-state index contributed by atoms with van der Waals surface area (Å²) in [5, 5.41) is 10.2. The van der Waals surface area contributed by atoms with E-state index in [0.717, 1.165) is 38.6 Å². The molecule has 0 saturated carbocycles. The topological polar surface area (TPSA) is 26.7 Å². The minimum Gasteiger partial charge on any atom is -0.390 e. The zero-order chi connectivity index (χ0) is 14.5. The Morgan fingerprint density at radius 2 is 2.10 bits per heavy atom. The number of nitrogens with zero attached hydrogens (tertiary/aromatic N) is 2. The van der Waals surface area contributed by atoms with Crippen molar-refractivity contribution in [3.05, 3.63) is 21.9 Å². The Labute approximate surface area is 127 Å². The van der Waals surface area contributed by atoms with Crippen molar-refractivity contribution < 1.29 is 5.11 Å².